The van der Waals surface area contributed by atoms with Gasteiger partial charge < -0.3 is 14.8 Å². The third-order valence-electron chi connectivity index (χ3n) is 2.22. The van der Waals surface area contributed by atoms with Gasteiger partial charge in [-0.05, 0) is 6.92 Å². The summed E-state index contributed by atoms with van der Waals surface area (Å²) in [6.45, 7) is 4.41. The highest BCUT2D eigenvalue weighted by Gasteiger charge is 2.20. The fourth-order valence-electron chi connectivity index (χ4n) is 1.18. The highest BCUT2D eigenvalue weighted by molar-refractivity contribution is 5.71. The number of nitrogens with zero attached hydrogens (tertiary/aromatic N) is 2. The summed E-state index contributed by atoms with van der Waals surface area (Å²) < 4.78 is 5.00. The number of carbonyl (C=O) groups excluding carboxylic acids is 1. The van der Waals surface area contributed by atoms with Crippen molar-refractivity contribution in [2.75, 3.05) is 7.11 Å². The number of methoxy groups -OCH3 is 1. The van der Waals surface area contributed by atoms with Crippen LogP contribution in [0.4, 0.5) is 0 Å². The number of aromatic nitrogens is 2. The summed E-state index contributed by atoms with van der Waals surface area (Å²) in [5, 5.41) is 9.46. The standard InChI is InChI=1S/C10H14N2O6/c1-5(2)9(14)18-12-7(13)6(3)8(17-4)11(16)10(12)15/h5,16H,1-4H3. The Morgan fingerprint density at radius 1 is 1.33 bits per heavy atom. The van der Waals surface area contributed by atoms with Crippen molar-refractivity contribution < 1.29 is 19.6 Å². The molecule has 8 heteroatoms. The van der Waals surface area contributed by atoms with E-state index in [2.05, 4.69) is 4.84 Å². The molecule has 1 N–H and O–H groups in total. The van der Waals surface area contributed by atoms with Gasteiger partial charge in [-0.2, -0.15) is 0 Å². The summed E-state index contributed by atoms with van der Waals surface area (Å²) in [6.07, 6.45) is 0. The second-order valence-electron chi connectivity index (χ2n) is 3.89. The van der Waals surface area contributed by atoms with Gasteiger partial charge in [0.25, 0.3) is 5.56 Å². The Bertz CT molecular complexity index is 546. The maximum Gasteiger partial charge on any atom is 0.401 e. The fourth-order valence-corrected chi connectivity index (χ4v) is 1.18. The van der Waals surface area contributed by atoms with Crippen LogP contribution in [-0.2, 0) is 4.79 Å². The molecule has 1 heterocycles. The molecule has 0 aliphatic rings. The van der Waals surface area contributed by atoms with Crippen LogP contribution in [0.1, 0.15) is 19.4 Å². The van der Waals surface area contributed by atoms with E-state index in [1.165, 1.54) is 14.0 Å². The second-order valence-corrected chi connectivity index (χ2v) is 3.89. The minimum absolute atomic E-state index is 0.0591. The topological polar surface area (TPSA) is 99.8 Å². The zero-order chi connectivity index (χ0) is 14.0. The van der Waals surface area contributed by atoms with Crippen LogP contribution >= 0.6 is 0 Å². The van der Waals surface area contributed by atoms with Crippen LogP contribution in [0.2, 0.25) is 0 Å². The lowest BCUT2D eigenvalue weighted by molar-refractivity contribution is -0.149. The maximum atomic E-state index is 11.8. The highest BCUT2D eigenvalue weighted by Crippen LogP contribution is 2.07. The Morgan fingerprint density at radius 2 is 1.89 bits per heavy atom. The first kappa shape index (κ1) is 13.8. The average Bonchev–Trinajstić information content (AvgIpc) is 2.32. The van der Waals surface area contributed by atoms with Crippen LogP contribution in [0, 0.1) is 12.8 Å². The van der Waals surface area contributed by atoms with Crippen LogP contribution in [0.25, 0.3) is 0 Å². The van der Waals surface area contributed by atoms with E-state index < -0.39 is 23.1 Å². The van der Waals surface area contributed by atoms with Crippen molar-refractivity contribution in [2.45, 2.75) is 20.8 Å². The lowest BCUT2D eigenvalue weighted by atomic mass is 10.2. The van der Waals surface area contributed by atoms with Gasteiger partial charge in [0.1, 0.15) is 0 Å². The number of hydrogen-bond donors (Lipinski definition) is 1. The fraction of sp³-hybridized carbons (Fsp3) is 0.500. The first-order valence-electron chi connectivity index (χ1n) is 5.15. The molecular weight excluding hydrogens is 244 g/mol. The lowest BCUT2D eigenvalue weighted by Gasteiger charge is -2.12. The van der Waals surface area contributed by atoms with Crippen molar-refractivity contribution in [2.24, 2.45) is 5.92 Å². The largest absolute Gasteiger partial charge is 0.480 e. The first-order chi connectivity index (χ1) is 8.31. The summed E-state index contributed by atoms with van der Waals surface area (Å²) in [6, 6.07) is 0. The van der Waals surface area contributed by atoms with Crippen LogP contribution in [-0.4, -0.2) is 27.7 Å². The number of ether oxygens (including phenoxy) is 1. The van der Waals surface area contributed by atoms with E-state index >= 15 is 0 Å². The molecule has 0 unspecified atom stereocenters. The number of rotatable bonds is 3. The Hall–Kier alpha value is -2.25. The third-order valence-corrected chi connectivity index (χ3v) is 2.22. The quantitative estimate of drug-likeness (QED) is 0.711. The molecule has 8 nitrogen and oxygen atoms in total. The molecule has 0 aliphatic heterocycles. The lowest BCUT2D eigenvalue weighted by Crippen LogP contribution is -2.46. The van der Waals surface area contributed by atoms with Crippen LogP contribution in [0.3, 0.4) is 0 Å². The normalized spacial score (nSPS) is 10.5. The molecule has 18 heavy (non-hydrogen) atoms. The van der Waals surface area contributed by atoms with Gasteiger partial charge in [-0.15, -0.1) is 0 Å². The van der Waals surface area contributed by atoms with Gasteiger partial charge in [-0.3, -0.25) is 4.79 Å². The monoisotopic (exact) mass is 258 g/mol. The molecule has 0 saturated carbocycles. The van der Waals surface area contributed by atoms with E-state index in [0.29, 0.717) is 0 Å². The second kappa shape index (κ2) is 4.94. The summed E-state index contributed by atoms with van der Waals surface area (Å²) in [5.74, 6) is -1.59. The predicted molar refractivity (Wildman–Crippen MR) is 59.9 cm³/mol. The van der Waals surface area contributed by atoms with Gasteiger partial charge >= 0.3 is 11.7 Å². The smallest absolute Gasteiger partial charge is 0.401 e. The van der Waals surface area contributed by atoms with E-state index in [1.54, 1.807) is 13.8 Å². The molecule has 1 aromatic rings. The van der Waals surface area contributed by atoms with Crippen LogP contribution < -0.4 is 20.8 Å². The predicted octanol–water partition coefficient (Wildman–Crippen LogP) is -0.824. The van der Waals surface area contributed by atoms with Crippen LogP contribution in [0.5, 0.6) is 5.88 Å². The molecule has 0 aromatic carbocycles. The minimum atomic E-state index is -1.21. The Kier molecular flexibility index (Phi) is 3.79. The molecular formula is C10H14N2O6. The summed E-state index contributed by atoms with van der Waals surface area (Å²) in [4.78, 5) is 39.3. The van der Waals surface area contributed by atoms with E-state index in [4.69, 9.17) is 4.74 Å². The highest BCUT2D eigenvalue weighted by atomic mass is 16.7. The van der Waals surface area contributed by atoms with Crippen molar-refractivity contribution in [3.05, 3.63) is 26.4 Å². The summed E-state index contributed by atoms with van der Waals surface area (Å²) >= 11 is 0. The van der Waals surface area contributed by atoms with Crippen molar-refractivity contribution in [1.29, 1.82) is 0 Å². The molecule has 0 saturated heterocycles. The molecule has 0 bridgehead atoms. The van der Waals surface area contributed by atoms with Gasteiger partial charge in [0.05, 0.1) is 18.6 Å². The van der Waals surface area contributed by atoms with Crippen molar-refractivity contribution in [3.8, 4) is 5.88 Å². The average molecular weight is 258 g/mol. The van der Waals surface area contributed by atoms with E-state index in [1.807, 2.05) is 0 Å². The first-order valence-corrected chi connectivity index (χ1v) is 5.15. The van der Waals surface area contributed by atoms with Crippen molar-refractivity contribution in [3.63, 3.8) is 0 Å². The van der Waals surface area contributed by atoms with E-state index in [-0.39, 0.29) is 20.9 Å². The maximum absolute atomic E-state index is 11.8. The summed E-state index contributed by atoms with van der Waals surface area (Å²) in [7, 11) is 1.19. The molecule has 0 fully saturated rings. The minimum Gasteiger partial charge on any atom is -0.480 e. The van der Waals surface area contributed by atoms with Gasteiger partial charge in [0.2, 0.25) is 5.88 Å². The van der Waals surface area contributed by atoms with Crippen LogP contribution in [0.15, 0.2) is 9.59 Å². The van der Waals surface area contributed by atoms with Gasteiger partial charge in [0.15, 0.2) is 0 Å². The van der Waals surface area contributed by atoms with Gasteiger partial charge in [0, 0.05) is 0 Å². The summed E-state index contributed by atoms with van der Waals surface area (Å²) in [5.41, 5.74) is -2.14. The molecule has 0 radical (unpaired) electrons. The van der Waals surface area contributed by atoms with E-state index in [0.717, 1.165) is 0 Å². The van der Waals surface area contributed by atoms with Gasteiger partial charge in [-0.1, -0.05) is 23.3 Å². The van der Waals surface area contributed by atoms with E-state index in [9.17, 15) is 19.6 Å². The van der Waals surface area contributed by atoms with Crippen molar-refractivity contribution in [1.82, 2.24) is 9.46 Å². The molecule has 100 valence electrons. The molecule has 0 spiro atoms. The SMILES string of the molecule is COc1c(C)c(=O)n(OC(=O)C(C)C)c(=O)n1O. The Morgan fingerprint density at radius 3 is 2.33 bits per heavy atom. The van der Waals surface area contributed by atoms with Crippen molar-refractivity contribution >= 4 is 5.97 Å². The Balaban J connectivity index is 3.44. The number of hydrogen-bond acceptors (Lipinski definition) is 6. The zero-order valence-corrected chi connectivity index (χ0v) is 10.5. The third kappa shape index (κ3) is 2.22. The molecule has 0 amide bonds. The Labute approximate surface area is 102 Å². The molecule has 0 atom stereocenters. The number of carbonyl (C=O) groups is 1. The molecule has 0 aliphatic carbocycles. The molecule has 1 rings (SSSR count). The zero-order valence-electron chi connectivity index (χ0n) is 10.5. The molecule has 1 aromatic heterocycles. The van der Waals surface area contributed by atoms with Gasteiger partial charge in [-0.25, -0.2) is 9.59 Å².